The molecule has 0 saturated heterocycles. The largest absolute Gasteiger partial charge is 0.492 e. The second kappa shape index (κ2) is 6.34. The maximum absolute atomic E-state index is 11.5. The first-order valence-corrected chi connectivity index (χ1v) is 5.99. The fraction of sp³-hybridized carbons (Fsp3) is 0.364. The molecule has 1 aromatic carbocycles. The molecule has 18 heavy (non-hydrogen) atoms. The molecule has 1 rings (SSSR count). The van der Waals surface area contributed by atoms with E-state index in [1.54, 1.807) is 0 Å². The van der Waals surface area contributed by atoms with Crippen LogP contribution < -0.4 is 4.74 Å². The van der Waals surface area contributed by atoms with Crippen LogP contribution in [-0.2, 0) is 4.74 Å². The van der Waals surface area contributed by atoms with Crippen molar-refractivity contribution in [1.82, 2.24) is 0 Å². The monoisotopic (exact) mass is 317 g/mol. The van der Waals surface area contributed by atoms with Crippen molar-refractivity contribution in [3.8, 4) is 5.75 Å². The van der Waals surface area contributed by atoms with Gasteiger partial charge in [0.05, 0.1) is 23.1 Å². The maximum Gasteiger partial charge on any atom is 0.345 e. The van der Waals surface area contributed by atoms with Crippen molar-refractivity contribution in [2.45, 2.75) is 13.3 Å². The summed E-state index contributed by atoms with van der Waals surface area (Å²) in [6.07, 6.45) is 0.789. The van der Waals surface area contributed by atoms with Gasteiger partial charge < -0.3 is 9.47 Å². The van der Waals surface area contributed by atoms with Gasteiger partial charge in [-0.05, 0) is 22.4 Å². The minimum atomic E-state index is -0.768. The first-order chi connectivity index (χ1) is 8.51. The number of esters is 1. The van der Waals surface area contributed by atoms with E-state index < -0.39 is 10.9 Å². The highest BCUT2D eigenvalue weighted by Crippen LogP contribution is 2.33. The molecule has 7 heteroatoms. The topological polar surface area (TPSA) is 78.7 Å². The molecule has 0 radical (unpaired) electrons. The minimum absolute atomic E-state index is 0.128. The predicted molar refractivity (Wildman–Crippen MR) is 67.9 cm³/mol. The lowest BCUT2D eigenvalue weighted by atomic mass is 10.1. The zero-order valence-electron chi connectivity index (χ0n) is 9.94. The lowest BCUT2D eigenvalue weighted by Gasteiger charge is -2.09. The number of nitro benzene ring substituents is 1. The van der Waals surface area contributed by atoms with Crippen molar-refractivity contribution in [3.05, 3.63) is 32.3 Å². The lowest BCUT2D eigenvalue weighted by Crippen LogP contribution is -2.07. The molecular weight excluding hydrogens is 306 g/mol. The molecular formula is C11H12BrNO5. The summed E-state index contributed by atoms with van der Waals surface area (Å²) < 4.78 is 10.3. The van der Waals surface area contributed by atoms with Gasteiger partial charge in [0.1, 0.15) is 11.3 Å². The third-order valence-electron chi connectivity index (χ3n) is 2.11. The maximum atomic E-state index is 11.5. The number of carbonyl (C=O) groups is 1. The molecule has 0 aliphatic heterocycles. The van der Waals surface area contributed by atoms with Crippen LogP contribution in [0.25, 0.3) is 0 Å². The van der Waals surface area contributed by atoms with E-state index in [0.717, 1.165) is 6.42 Å². The highest BCUT2D eigenvalue weighted by molar-refractivity contribution is 9.10. The fourth-order valence-corrected chi connectivity index (χ4v) is 1.74. The number of hydrogen-bond donors (Lipinski definition) is 0. The average molecular weight is 318 g/mol. The SMILES string of the molecule is CCCOc1cc(C(=O)OC)c([N+](=O)[O-])cc1Br. The van der Waals surface area contributed by atoms with Crippen LogP contribution in [-0.4, -0.2) is 24.6 Å². The van der Waals surface area contributed by atoms with E-state index in [-0.39, 0.29) is 11.3 Å². The van der Waals surface area contributed by atoms with Gasteiger partial charge >= 0.3 is 5.97 Å². The van der Waals surface area contributed by atoms with Crippen molar-refractivity contribution in [1.29, 1.82) is 0 Å². The number of benzene rings is 1. The summed E-state index contributed by atoms with van der Waals surface area (Å²) in [5.74, 6) is -0.390. The summed E-state index contributed by atoms with van der Waals surface area (Å²) in [6.45, 7) is 2.39. The number of ether oxygens (including phenoxy) is 2. The Kier molecular flexibility index (Phi) is 5.08. The summed E-state index contributed by atoms with van der Waals surface area (Å²) in [5, 5.41) is 10.9. The van der Waals surface area contributed by atoms with Gasteiger partial charge in [-0.1, -0.05) is 6.92 Å². The quantitative estimate of drug-likeness (QED) is 0.474. The van der Waals surface area contributed by atoms with Crippen LogP contribution in [0.2, 0.25) is 0 Å². The molecule has 0 fully saturated rings. The molecule has 0 atom stereocenters. The zero-order valence-corrected chi connectivity index (χ0v) is 11.5. The van der Waals surface area contributed by atoms with Crippen LogP contribution >= 0.6 is 15.9 Å². The van der Waals surface area contributed by atoms with Crippen LogP contribution in [0.4, 0.5) is 5.69 Å². The van der Waals surface area contributed by atoms with E-state index >= 15 is 0 Å². The molecule has 0 aromatic heterocycles. The molecule has 0 heterocycles. The van der Waals surface area contributed by atoms with Crippen LogP contribution in [0.5, 0.6) is 5.75 Å². The summed E-state index contributed by atoms with van der Waals surface area (Å²) >= 11 is 3.17. The van der Waals surface area contributed by atoms with Crippen molar-refractivity contribution >= 4 is 27.6 Å². The Morgan fingerprint density at radius 2 is 2.17 bits per heavy atom. The second-order valence-corrected chi connectivity index (χ2v) is 4.25. The second-order valence-electron chi connectivity index (χ2n) is 3.40. The molecule has 0 amide bonds. The number of nitrogens with zero attached hydrogens (tertiary/aromatic N) is 1. The zero-order chi connectivity index (χ0) is 13.7. The number of halogens is 1. The van der Waals surface area contributed by atoms with Gasteiger partial charge in [-0.15, -0.1) is 0 Å². The highest BCUT2D eigenvalue weighted by atomic mass is 79.9. The molecule has 0 bridgehead atoms. The highest BCUT2D eigenvalue weighted by Gasteiger charge is 2.23. The fourth-order valence-electron chi connectivity index (χ4n) is 1.29. The molecule has 0 spiro atoms. The third kappa shape index (κ3) is 3.19. The molecule has 0 N–H and O–H groups in total. The van der Waals surface area contributed by atoms with Gasteiger partial charge in [-0.2, -0.15) is 0 Å². The molecule has 0 aliphatic carbocycles. The predicted octanol–water partition coefficient (Wildman–Crippen LogP) is 2.93. The molecule has 1 aromatic rings. The number of nitro groups is 1. The van der Waals surface area contributed by atoms with Crippen LogP contribution in [0.3, 0.4) is 0 Å². The number of rotatable bonds is 5. The van der Waals surface area contributed by atoms with Crippen molar-refractivity contribution in [3.63, 3.8) is 0 Å². The van der Waals surface area contributed by atoms with Crippen molar-refractivity contribution < 1.29 is 19.2 Å². The number of carbonyl (C=O) groups excluding carboxylic acids is 1. The summed E-state index contributed by atoms with van der Waals surface area (Å²) in [7, 11) is 1.17. The molecule has 98 valence electrons. The van der Waals surface area contributed by atoms with E-state index in [4.69, 9.17) is 4.74 Å². The van der Waals surface area contributed by atoms with Gasteiger partial charge in [0.2, 0.25) is 0 Å². The molecule has 6 nitrogen and oxygen atoms in total. The normalized spacial score (nSPS) is 9.94. The Morgan fingerprint density at radius 1 is 1.50 bits per heavy atom. The Hall–Kier alpha value is -1.63. The van der Waals surface area contributed by atoms with Gasteiger partial charge in [-0.3, -0.25) is 10.1 Å². The summed E-state index contributed by atoms with van der Waals surface area (Å²) in [4.78, 5) is 21.7. The van der Waals surface area contributed by atoms with E-state index in [0.29, 0.717) is 16.8 Å². The van der Waals surface area contributed by atoms with E-state index in [1.165, 1.54) is 19.2 Å². The average Bonchev–Trinajstić information content (AvgIpc) is 2.35. The summed E-state index contributed by atoms with van der Waals surface area (Å²) in [6, 6.07) is 2.54. The van der Waals surface area contributed by atoms with Gasteiger partial charge in [0.15, 0.2) is 0 Å². The Labute approximate surface area is 112 Å². The van der Waals surface area contributed by atoms with Crippen LogP contribution in [0, 0.1) is 10.1 Å². The first-order valence-electron chi connectivity index (χ1n) is 5.20. The minimum Gasteiger partial charge on any atom is -0.492 e. The van der Waals surface area contributed by atoms with Gasteiger partial charge in [0, 0.05) is 12.1 Å². The van der Waals surface area contributed by atoms with E-state index in [2.05, 4.69) is 20.7 Å². The van der Waals surface area contributed by atoms with Crippen LogP contribution in [0.15, 0.2) is 16.6 Å². The smallest absolute Gasteiger partial charge is 0.345 e. The van der Waals surface area contributed by atoms with E-state index in [9.17, 15) is 14.9 Å². The third-order valence-corrected chi connectivity index (χ3v) is 2.73. The standard InChI is InChI=1S/C11H12BrNO5/c1-3-4-18-10-5-7(11(14)17-2)9(13(15)16)6-8(10)12/h5-6H,3-4H2,1-2H3. The van der Waals surface area contributed by atoms with Crippen molar-refractivity contribution in [2.24, 2.45) is 0 Å². The Balaban J connectivity index is 3.26. The summed E-state index contributed by atoms with van der Waals surface area (Å²) in [5.41, 5.74) is -0.450. The van der Waals surface area contributed by atoms with Crippen LogP contribution in [0.1, 0.15) is 23.7 Å². The molecule has 0 aliphatic rings. The Morgan fingerprint density at radius 3 is 2.67 bits per heavy atom. The number of hydrogen-bond acceptors (Lipinski definition) is 5. The molecule has 0 saturated carbocycles. The van der Waals surface area contributed by atoms with Crippen molar-refractivity contribution in [2.75, 3.05) is 13.7 Å². The first kappa shape index (κ1) is 14.4. The van der Waals surface area contributed by atoms with Gasteiger partial charge in [-0.25, -0.2) is 4.79 Å². The number of methoxy groups -OCH3 is 1. The molecule has 0 unspecified atom stereocenters. The lowest BCUT2D eigenvalue weighted by molar-refractivity contribution is -0.385. The Bertz CT molecular complexity index is 475. The van der Waals surface area contributed by atoms with Gasteiger partial charge in [0.25, 0.3) is 5.69 Å². The van der Waals surface area contributed by atoms with E-state index in [1.807, 2.05) is 6.92 Å².